The van der Waals surface area contributed by atoms with Crippen LogP contribution in [0.4, 0.5) is 29.5 Å². The molecule has 2 heterocycles. The van der Waals surface area contributed by atoms with Gasteiger partial charge in [0.25, 0.3) is 5.91 Å². The third-order valence-corrected chi connectivity index (χ3v) is 6.27. The molecule has 0 saturated heterocycles. The Bertz CT molecular complexity index is 1400. The Balaban J connectivity index is 1.62. The van der Waals surface area contributed by atoms with Gasteiger partial charge in [-0.15, -0.1) is 13.2 Å². The monoisotopic (exact) mass is 590 g/mol. The minimum Gasteiger partial charge on any atom is -0.426 e. The Labute approximate surface area is 237 Å². The molecule has 3 rings (SSSR count). The van der Waals surface area contributed by atoms with E-state index in [1.54, 1.807) is 32.2 Å². The standard InChI is InChI=1S/C25H25F3N8O4S/c1-15(30-2)39-20(8-10-29)35-24(38)34-19-12-16(9-11-31-19)13-32-22-21(41-14-36(22)3)23(37)33-17-4-6-18(7-5-17)40-25(26,27)28/h4-9,11-12,32H,13-14H2,1-3H3,(H,33,37)(H2,31,34,35,38)/b20-8+,30-15?. The van der Waals surface area contributed by atoms with Gasteiger partial charge in [0, 0.05) is 39.4 Å². The molecular formula is C25H25F3N8O4S. The van der Waals surface area contributed by atoms with Crippen LogP contribution in [0, 0.1) is 11.3 Å². The number of halogens is 3. The first-order valence-electron chi connectivity index (χ1n) is 11.7. The molecular weight excluding hydrogens is 565 g/mol. The fourth-order valence-corrected chi connectivity index (χ4v) is 4.23. The molecule has 1 aromatic heterocycles. The Morgan fingerprint density at radius 1 is 1.24 bits per heavy atom. The molecule has 1 aromatic carbocycles. The van der Waals surface area contributed by atoms with Crippen molar-refractivity contribution >= 4 is 41.1 Å². The van der Waals surface area contributed by atoms with Crippen molar-refractivity contribution in [2.45, 2.75) is 19.8 Å². The maximum Gasteiger partial charge on any atom is 0.573 e. The summed E-state index contributed by atoms with van der Waals surface area (Å²) in [5.41, 5.74) is 1.02. The topological polar surface area (TPSA) is 153 Å². The number of hydrogen-bond donors (Lipinski definition) is 4. The predicted molar refractivity (Wildman–Crippen MR) is 146 cm³/mol. The number of carbonyl (C=O) groups excluding carboxylic acids is 2. The highest BCUT2D eigenvalue weighted by atomic mass is 32.2. The number of aromatic nitrogens is 1. The second-order valence-corrected chi connectivity index (χ2v) is 9.09. The zero-order chi connectivity index (χ0) is 30.0. The molecule has 1 aliphatic heterocycles. The largest absolute Gasteiger partial charge is 0.573 e. The minimum absolute atomic E-state index is 0.115. The normalized spacial score (nSPS) is 13.8. The van der Waals surface area contributed by atoms with Crippen LogP contribution in [0.15, 0.2) is 70.3 Å². The Kier molecular flexibility index (Phi) is 10.4. The lowest BCUT2D eigenvalue weighted by molar-refractivity contribution is -0.274. The molecule has 12 nitrogen and oxygen atoms in total. The van der Waals surface area contributed by atoms with Gasteiger partial charge >= 0.3 is 12.4 Å². The molecule has 0 saturated carbocycles. The number of rotatable bonds is 9. The molecule has 0 fully saturated rings. The summed E-state index contributed by atoms with van der Waals surface area (Å²) in [7, 11) is 3.29. The molecule has 0 aliphatic carbocycles. The van der Waals surface area contributed by atoms with Crippen molar-refractivity contribution in [1.29, 1.82) is 5.26 Å². The van der Waals surface area contributed by atoms with Crippen molar-refractivity contribution in [1.82, 2.24) is 20.5 Å². The van der Waals surface area contributed by atoms with Crippen molar-refractivity contribution < 1.29 is 32.2 Å². The van der Waals surface area contributed by atoms with Gasteiger partial charge in [-0.3, -0.25) is 20.4 Å². The smallest absolute Gasteiger partial charge is 0.426 e. The van der Waals surface area contributed by atoms with Gasteiger partial charge in [0.05, 0.1) is 18.0 Å². The summed E-state index contributed by atoms with van der Waals surface area (Å²) in [5, 5.41) is 19.7. The van der Waals surface area contributed by atoms with Gasteiger partial charge in [0.15, 0.2) is 5.90 Å². The lowest BCUT2D eigenvalue weighted by Gasteiger charge is -2.18. The van der Waals surface area contributed by atoms with E-state index in [1.165, 1.54) is 37.1 Å². The molecule has 0 atom stereocenters. The fourth-order valence-electron chi connectivity index (χ4n) is 3.24. The summed E-state index contributed by atoms with van der Waals surface area (Å²) >= 11 is 1.29. The molecule has 0 spiro atoms. The molecule has 0 bridgehead atoms. The molecule has 41 heavy (non-hydrogen) atoms. The minimum atomic E-state index is -4.81. The molecule has 3 amide bonds. The molecule has 4 N–H and O–H groups in total. The van der Waals surface area contributed by atoms with Gasteiger partial charge in [-0.2, -0.15) is 5.26 Å². The van der Waals surface area contributed by atoms with Crippen LogP contribution < -0.4 is 26.0 Å². The first-order valence-corrected chi connectivity index (χ1v) is 12.7. The van der Waals surface area contributed by atoms with Crippen molar-refractivity contribution in [2.24, 2.45) is 4.99 Å². The number of carbonyl (C=O) groups is 2. The third-order valence-electron chi connectivity index (χ3n) is 5.08. The van der Waals surface area contributed by atoms with E-state index in [2.05, 4.69) is 36.0 Å². The number of urea groups is 1. The number of benzene rings is 1. The lowest BCUT2D eigenvalue weighted by atomic mass is 10.2. The van der Waals surface area contributed by atoms with Gasteiger partial charge < -0.3 is 25.0 Å². The van der Waals surface area contributed by atoms with Crippen molar-refractivity contribution in [3.63, 3.8) is 0 Å². The van der Waals surface area contributed by atoms with Crippen LogP contribution in [0.1, 0.15) is 12.5 Å². The molecule has 0 radical (unpaired) electrons. The number of amides is 3. The van der Waals surface area contributed by atoms with E-state index in [0.29, 0.717) is 22.3 Å². The number of alkyl halides is 3. The number of hydrogen-bond acceptors (Lipinski definition) is 10. The Morgan fingerprint density at radius 2 is 1.98 bits per heavy atom. The summed E-state index contributed by atoms with van der Waals surface area (Å²) in [6, 6.07) is 9.23. The Hall–Kier alpha value is -4.91. The highest BCUT2D eigenvalue weighted by Gasteiger charge is 2.31. The van der Waals surface area contributed by atoms with E-state index in [9.17, 15) is 22.8 Å². The van der Waals surface area contributed by atoms with Crippen molar-refractivity contribution in [2.75, 3.05) is 30.6 Å². The van der Waals surface area contributed by atoms with Crippen LogP contribution in [0.2, 0.25) is 0 Å². The lowest BCUT2D eigenvalue weighted by Crippen LogP contribution is -2.30. The number of nitriles is 1. The summed E-state index contributed by atoms with van der Waals surface area (Å²) in [4.78, 5) is 35.4. The van der Waals surface area contributed by atoms with Gasteiger partial charge in [0.2, 0.25) is 5.88 Å². The maximum absolute atomic E-state index is 12.9. The first kappa shape index (κ1) is 30.6. The van der Waals surface area contributed by atoms with E-state index < -0.39 is 24.1 Å². The van der Waals surface area contributed by atoms with E-state index in [1.807, 2.05) is 4.90 Å². The van der Waals surface area contributed by atoms with E-state index >= 15 is 0 Å². The fraction of sp³-hybridized carbons (Fsp3) is 0.240. The van der Waals surface area contributed by atoms with E-state index in [0.717, 1.165) is 23.8 Å². The maximum atomic E-state index is 12.9. The number of aliphatic imine (C=N–C) groups is 1. The number of nitrogens with zero attached hydrogens (tertiary/aromatic N) is 4. The van der Waals surface area contributed by atoms with E-state index in [-0.39, 0.29) is 24.1 Å². The van der Waals surface area contributed by atoms with Crippen LogP contribution in [-0.4, -0.2) is 54.1 Å². The SMILES string of the molecule is CN=C(C)O/C(=C/C#N)NC(=O)Nc1cc(CNC2=C(C(=O)Nc3ccc(OC(F)(F)F)cc3)SCN2C)ccn1. The molecule has 16 heteroatoms. The van der Waals surface area contributed by atoms with Crippen molar-refractivity contribution in [3.8, 4) is 11.8 Å². The Morgan fingerprint density at radius 3 is 2.63 bits per heavy atom. The zero-order valence-corrected chi connectivity index (χ0v) is 22.8. The number of pyridine rings is 1. The van der Waals surface area contributed by atoms with Gasteiger partial charge in [-0.25, -0.2) is 9.78 Å². The number of anilines is 2. The second kappa shape index (κ2) is 13.9. The van der Waals surface area contributed by atoms with E-state index in [4.69, 9.17) is 10.00 Å². The zero-order valence-electron chi connectivity index (χ0n) is 22.0. The average molecular weight is 591 g/mol. The highest BCUT2D eigenvalue weighted by Crippen LogP contribution is 2.31. The van der Waals surface area contributed by atoms with Gasteiger partial charge in [-0.1, -0.05) is 11.8 Å². The van der Waals surface area contributed by atoms with Crippen LogP contribution in [0.3, 0.4) is 0 Å². The molecule has 2 aromatic rings. The number of thioether (sulfide) groups is 1. The van der Waals surface area contributed by atoms with Crippen LogP contribution in [-0.2, 0) is 16.1 Å². The van der Waals surface area contributed by atoms with Crippen LogP contribution in [0.5, 0.6) is 5.75 Å². The predicted octanol–water partition coefficient (Wildman–Crippen LogP) is 4.06. The quantitative estimate of drug-likeness (QED) is 0.147. The highest BCUT2D eigenvalue weighted by molar-refractivity contribution is 8.04. The number of allylic oxidation sites excluding steroid dienone is 1. The average Bonchev–Trinajstić information content (AvgIpc) is 3.28. The molecule has 0 unspecified atom stereocenters. The summed E-state index contributed by atoms with van der Waals surface area (Å²) in [5.74, 6) is 0.550. The third kappa shape index (κ3) is 9.65. The number of ether oxygens (including phenoxy) is 2. The second-order valence-electron chi connectivity index (χ2n) is 8.14. The summed E-state index contributed by atoms with van der Waals surface area (Å²) < 4.78 is 46.2. The summed E-state index contributed by atoms with van der Waals surface area (Å²) in [6.07, 6.45) is -2.31. The molecule has 1 aliphatic rings. The summed E-state index contributed by atoms with van der Waals surface area (Å²) in [6.45, 7) is 1.83. The van der Waals surface area contributed by atoms with Gasteiger partial charge in [0.1, 0.15) is 22.3 Å². The molecule has 216 valence electrons. The number of nitrogens with one attached hydrogen (secondary N) is 4. The first-order chi connectivity index (χ1) is 19.5. The van der Waals surface area contributed by atoms with Crippen LogP contribution >= 0.6 is 11.8 Å². The van der Waals surface area contributed by atoms with Crippen molar-refractivity contribution in [3.05, 3.63) is 70.8 Å². The van der Waals surface area contributed by atoms with Crippen LogP contribution in [0.25, 0.3) is 0 Å². The van der Waals surface area contributed by atoms with Gasteiger partial charge in [-0.05, 0) is 42.0 Å².